The minimum Gasteiger partial charge on any atom is -0.342 e. The molecule has 104 valence electrons. The molecule has 2 N–H and O–H groups in total. The molecule has 1 aromatic rings. The minimum absolute atomic E-state index is 0.0221. The van der Waals surface area contributed by atoms with Crippen molar-refractivity contribution in [1.29, 1.82) is 0 Å². The van der Waals surface area contributed by atoms with Crippen LogP contribution in [0.3, 0.4) is 0 Å². The van der Waals surface area contributed by atoms with E-state index in [9.17, 15) is 4.79 Å². The number of hydrogen-bond acceptors (Lipinski definition) is 3. The molecule has 1 heterocycles. The predicted octanol–water partition coefficient (Wildman–Crippen LogP) is 2.64. The quantitative estimate of drug-likeness (QED) is 0.861. The first kappa shape index (κ1) is 14.4. The van der Waals surface area contributed by atoms with Gasteiger partial charge in [0.25, 0.3) is 0 Å². The molecule has 1 unspecified atom stereocenters. The van der Waals surface area contributed by atoms with Crippen molar-refractivity contribution in [1.82, 2.24) is 4.90 Å². The zero-order chi connectivity index (χ0) is 13.7. The van der Waals surface area contributed by atoms with Crippen LogP contribution in [0.5, 0.6) is 0 Å². The number of amides is 1. The van der Waals surface area contributed by atoms with E-state index in [0.29, 0.717) is 6.54 Å². The standard InChI is InChI=1S/C15H22N2OS/c1-12(15(18)17-8-3-2-4-9-17)19-14-7-5-6-13(10-14)11-16/h5-7,10,12H,2-4,8-9,11,16H2,1H3. The van der Waals surface area contributed by atoms with Gasteiger partial charge in [0.1, 0.15) is 0 Å². The van der Waals surface area contributed by atoms with Crippen LogP contribution in [0.25, 0.3) is 0 Å². The molecule has 4 heteroatoms. The molecular formula is C15H22N2OS. The Morgan fingerprint density at radius 2 is 2.11 bits per heavy atom. The Balaban J connectivity index is 1.95. The van der Waals surface area contributed by atoms with Crippen molar-refractivity contribution >= 4 is 17.7 Å². The Bertz CT molecular complexity index is 430. The van der Waals surface area contributed by atoms with Crippen LogP contribution in [-0.2, 0) is 11.3 Å². The van der Waals surface area contributed by atoms with E-state index in [2.05, 4.69) is 6.07 Å². The number of nitrogens with zero attached hydrogens (tertiary/aromatic N) is 1. The minimum atomic E-state index is -0.0221. The van der Waals surface area contributed by atoms with Crippen LogP contribution in [0, 0.1) is 0 Å². The summed E-state index contributed by atoms with van der Waals surface area (Å²) in [6.45, 7) is 4.39. The number of carbonyl (C=O) groups excluding carboxylic acids is 1. The van der Waals surface area contributed by atoms with Crippen LogP contribution < -0.4 is 5.73 Å². The molecule has 19 heavy (non-hydrogen) atoms. The summed E-state index contributed by atoms with van der Waals surface area (Å²) in [5.41, 5.74) is 6.76. The van der Waals surface area contributed by atoms with Crippen LogP contribution in [0.2, 0.25) is 0 Å². The fourth-order valence-electron chi connectivity index (χ4n) is 2.37. The normalized spacial score (nSPS) is 17.3. The molecule has 2 rings (SSSR count). The average molecular weight is 278 g/mol. The van der Waals surface area contributed by atoms with Crippen molar-refractivity contribution in [3.05, 3.63) is 29.8 Å². The molecule has 1 atom stereocenters. The lowest BCUT2D eigenvalue weighted by Gasteiger charge is -2.29. The number of hydrogen-bond donors (Lipinski definition) is 1. The van der Waals surface area contributed by atoms with Gasteiger partial charge in [0.2, 0.25) is 5.91 Å². The summed E-state index contributed by atoms with van der Waals surface area (Å²) in [7, 11) is 0. The van der Waals surface area contributed by atoms with Gasteiger partial charge in [-0.2, -0.15) is 0 Å². The van der Waals surface area contributed by atoms with E-state index < -0.39 is 0 Å². The summed E-state index contributed by atoms with van der Waals surface area (Å²) < 4.78 is 0. The number of rotatable bonds is 4. The molecule has 1 aliphatic rings. The van der Waals surface area contributed by atoms with E-state index in [-0.39, 0.29) is 11.2 Å². The molecule has 1 amide bonds. The summed E-state index contributed by atoms with van der Waals surface area (Å²) in [6, 6.07) is 8.14. The van der Waals surface area contributed by atoms with E-state index in [4.69, 9.17) is 5.73 Å². The van der Waals surface area contributed by atoms with Crippen molar-refractivity contribution in [3.63, 3.8) is 0 Å². The first-order chi connectivity index (χ1) is 9.20. The van der Waals surface area contributed by atoms with E-state index >= 15 is 0 Å². The van der Waals surface area contributed by atoms with Crippen LogP contribution >= 0.6 is 11.8 Å². The SMILES string of the molecule is CC(Sc1cccc(CN)c1)C(=O)N1CCCCC1. The first-order valence-electron chi connectivity index (χ1n) is 6.95. The summed E-state index contributed by atoms with van der Waals surface area (Å²) >= 11 is 1.63. The Labute approximate surface area is 119 Å². The van der Waals surface area contributed by atoms with Gasteiger partial charge in [-0.05, 0) is 43.9 Å². The zero-order valence-electron chi connectivity index (χ0n) is 11.5. The molecule has 0 aliphatic carbocycles. The molecular weight excluding hydrogens is 256 g/mol. The largest absolute Gasteiger partial charge is 0.342 e. The van der Waals surface area contributed by atoms with Gasteiger partial charge in [0.15, 0.2) is 0 Å². The fraction of sp³-hybridized carbons (Fsp3) is 0.533. The van der Waals surface area contributed by atoms with Crippen molar-refractivity contribution in [2.75, 3.05) is 13.1 Å². The highest BCUT2D eigenvalue weighted by Crippen LogP contribution is 2.26. The fourth-order valence-corrected chi connectivity index (χ4v) is 3.41. The highest BCUT2D eigenvalue weighted by molar-refractivity contribution is 8.00. The van der Waals surface area contributed by atoms with E-state index in [1.165, 1.54) is 6.42 Å². The second-order valence-electron chi connectivity index (χ2n) is 5.00. The molecule has 0 radical (unpaired) electrons. The van der Waals surface area contributed by atoms with Gasteiger partial charge in [-0.25, -0.2) is 0 Å². The van der Waals surface area contributed by atoms with Gasteiger partial charge in [0.05, 0.1) is 5.25 Å². The smallest absolute Gasteiger partial charge is 0.235 e. The maximum Gasteiger partial charge on any atom is 0.235 e. The lowest BCUT2D eigenvalue weighted by atomic mass is 10.1. The Kier molecular flexibility index (Phi) is 5.28. The molecule has 1 saturated heterocycles. The summed E-state index contributed by atoms with van der Waals surface area (Å²) in [5, 5.41) is -0.0221. The topological polar surface area (TPSA) is 46.3 Å². The molecule has 1 fully saturated rings. The summed E-state index contributed by atoms with van der Waals surface area (Å²) in [5.74, 6) is 0.267. The van der Waals surface area contributed by atoms with Crippen molar-refractivity contribution < 1.29 is 4.79 Å². The maximum atomic E-state index is 12.3. The molecule has 0 saturated carbocycles. The van der Waals surface area contributed by atoms with Crippen LogP contribution in [-0.4, -0.2) is 29.1 Å². The molecule has 0 bridgehead atoms. The van der Waals surface area contributed by atoms with Gasteiger partial charge >= 0.3 is 0 Å². The monoisotopic (exact) mass is 278 g/mol. The van der Waals surface area contributed by atoms with Gasteiger partial charge in [-0.1, -0.05) is 12.1 Å². The Morgan fingerprint density at radius 3 is 2.79 bits per heavy atom. The number of benzene rings is 1. The summed E-state index contributed by atoms with van der Waals surface area (Å²) in [4.78, 5) is 15.5. The molecule has 1 aliphatic heterocycles. The third kappa shape index (κ3) is 3.98. The van der Waals surface area contributed by atoms with Gasteiger partial charge in [-0.3, -0.25) is 4.79 Å². The first-order valence-corrected chi connectivity index (χ1v) is 7.83. The molecule has 0 spiro atoms. The highest BCUT2D eigenvalue weighted by Gasteiger charge is 2.22. The van der Waals surface area contributed by atoms with E-state index in [0.717, 1.165) is 36.4 Å². The maximum absolute atomic E-state index is 12.3. The molecule has 3 nitrogen and oxygen atoms in total. The lowest BCUT2D eigenvalue weighted by Crippen LogP contribution is -2.40. The average Bonchev–Trinajstić information content (AvgIpc) is 2.47. The van der Waals surface area contributed by atoms with Crippen LogP contribution in [0.4, 0.5) is 0 Å². The number of likely N-dealkylation sites (tertiary alicyclic amines) is 1. The second-order valence-corrected chi connectivity index (χ2v) is 6.41. The number of piperidine rings is 1. The Morgan fingerprint density at radius 1 is 1.37 bits per heavy atom. The van der Waals surface area contributed by atoms with Crippen LogP contribution in [0.15, 0.2) is 29.2 Å². The second kappa shape index (κ2) is 6.96. The van der Waals surface area contributed by atoms with Gasteiger partial charge < -0.3 is 10.6 Å². The summed E-state index contributed by atoms with van der Waals surface area (Å²) in [6.07, 6.45) is 3.54. The third-order valence-electron chi connectivity index (χ3n) is 3.46. The number of thioether (sulfide) groups is 1. The van der Waals surface area contributed by atoms with E-state index in [1.807, 2.05) is 30.0 Å². The van der Waals surface area contributed by atoms with Crippen molar-refractivity contribution in [2.45, 2.75) is 42.9 Å². The van der Waals surface area contributed by atoms with E-state index in [1.54, 1.807) is 11.8 Å². The van der Waals surface area contributed by atoms with Crippen molar-refractivity contribution in [3.8, 4) is 0 Å². The zero-order valence-corrected chi connectivity index (χ0v) is 12.3. The third-order valence-corrected chi connectivity index (χ3v) is 4.54. The Hall–Kier alpha value is -1.00. The van der Waals surface area contributed by atoms with Crippen LogP contribution in [0.1, 0.15) is 31.7 Å². The molecule has 0 aromatic heterocycles. The number of carbonyl (C=O) groups is 1. The van der Waals surface area contributed by atoms with Crippen molar-refractivity contribution in [2.24, 2.45) is 5.73 Å². The highest BCUT2D eigenvalue weighted by atomic mass is 32.2. The van der Waals surface area contributed by atoms with Gasteiger partial charge in [0, 0.05) is 24.5 Å². The number of nitrogens with two attached hydrogens (primary N) is 1. The lowest BCUT2D eigenvalue weighted by molar-refractivity contribution is -0.131. The molecule has 1 aromatic carbocycles. The van der Waals surface area contributed by atoms with Gasteiger partial charge in [-0.15, -0.1) is 11.8 Å². The predicted molar refractivity (Wildman–Crippen MR) is 80.1 cm³/mol.